The Hall–Kier alpha value is -3.03. The molecule has 6 nitrogen and oxygen atoms in total. The minimum Gasteiger partial charge on any atom is -0.507 e. The van der Waals surface area contributed by atoms with Crippen molar-refractivity contribution in [1.82, 2.24) is 4.90 Å². The van der Waals surface area contributed by atoms with Crippen LogP contribution in [0.3, 0.4) is 0 Å². The molecule has 1 unspecified atom stereocenters. The number of rotatable bonds is 7. The molecule has 2 N–H and O–H groups in total. The monoisotopic (exact) mass is 441 g/mol. The summed E-state index contributed by atoms with van der Waals surface area (Å²) in [6.07, 6.45) is 0. The van der Waals surface area contributed by atoms with E-state index in [2.05, 4.69) is 20.8 Å². The van der Waals surface area contributed by atoms with Crippen LogP contribution in [0.5, 0.6) is 0 Å². The molecule has 2 aromatic carbocycles. The second kappa shape index (κ2) is 9.63. The summed E-state index contributed by atoms with van der Waals surface area (Å²) in [5, 5.41) is 19.8. The van der Waals surface area contributed by atoms with Crippen molar-refractivity contribution in [2.45, 2.75) is 32.2 Å². The molecule has 7 heteroatoms. The van der Waals surface area contributed by atoms with Gasteiger partial charge in [0.15, 0.2) is 0 Å². The summed E-state index contributed by atoms with van der Waals surface area (Å²) in [5.74, 6) is -2.38. The van der Waals surface area contributed by atoms with Gasteiger partial charge in [-0.2, -0.15) is 0 Å². The highest BCUT2D eigenvalue weighted by atomic mass is 19.1. The zero-order valence-corrected chi connectivity index (χ0v) is 18.5. The minimum atomic E-state index is -0.813. The zero-order chi connectivity index (χ0) is 23.5. The number of carbonyl (C=O) groups excluding carboxylic acids is 2. The summed E-state index contributed by atoms with van der Waals surface area (Å²) >= 11 is 0. The fourth-order valence-corrected chi connectivity index (χ4v) is 3.72. The third kappa shape index (κ3) is 4.89. The third-order valence-corrected chi connectivity index (χ3v) is 5.46. The first-order valence-corrected chi connectivity index (χ1v) is 10.5. The van der Waals surface area contributed by atoms with Gasteiger partial charge in [-0.25, -0.2) is 4.39 Å². The highest BCUT2D eigenvalue weighted by Gasteiger charge is 2.45. The molecule has 1 fully saturated rings. The molecular weight excluding hydrogens is 413 g/mol. The van der Waals surface area contributed by atoms with E-state index in [-0.39, 0.29) is 48.7 Å². The van der Waals surface area contributed by atoms with Crippen molar-refractivity contribution in [3.63, 3.8) is 0 Å². The maximum absolute atomic E-state index is 13.3. The third-order valence-electron chi connectivity index (χ3n) is 5.46. The Balaban J connectivity index is 2.07. The number of Topliss-reactive ketones (excluding diaryl/α,β-unsaturated/α-hetero) is 1. The number of benzene rings is 2. The average molecular weight is 441 g/mol. The van der Waals surface area contributed by atoms with Crippen LogP contribution >= 0.6 is 0 Å². The van der Waals surface area contributed by atoms with Crippen LogP contribution in [0.2, 0.25) is 0 Å². The number of amides is 1. The molecule has 1 amide bonds. The minimum absolute atomic E-state index is 0.0488. The number of carbonyl (C=O) groups is 2. The summed E-state index contributed by atoms with van der Waals surface area (Å²) < 4.78 is 18.6. The van der Waals surface area contributed by atoms with Crippen molar-refractivity contribution in [1.29, 1.82) is 0 Å². The molecule has 0 aromatic heterocycles. The predicted octanol–water partition coefficient (Wildman–Crippen LogP) is 3.55. The summed E-state index contributed by atoms with van der Waals surface area (Å²) in [6, 6.07) is 11.8. The lowest BCUT2D eigenvalue weighted by Crippen LogP contribution is -2.33. The van der Waals surface area contributed by atoms with Gasteiger partial charge in [0.2, 0.25) is 0 Å². The van der Waals surface area contributed by atoms with Gasteiger partial charge in [0.05, 0.1) is 31.4 Å². The lowest BCUT2D eigenvalue weighted by molar-refractivity contribution is -0.140. The number of ether oxygens (including phenoxy) is 1. The van der Waals surface area contributed by atoms with Crippen molar-refractivity contribution >= 4 is 17.4 Å². The van der Waals surface area contributed by atoms with Gasteiger partial charge >= 0.3 is 0 Å². The molecule has 0 bridgehead atoms. The molecule has 0 aliphatic carbocycles. The van der Waals surface area contributed by atoms with Gasteiger partial charge in [-0.3, -0.25) is 9.59 Å². The van der Waals surface area contributed by atoms with Gasteiger partial charge in [0, 0.05) is 12.1 Å². The fourth-order valence-electron chi connectivity index (χ4n) is 3.72. The van der Waals surface area contributed by atoms with E-state index in [0.717, 1.165) is 5.56 Å². The maximum Gasteiger partial charge on any atom is 0.295 e. The quantitative estimate of drug-likeness (QED) is 0.297. The van der Waals surface area contributed by atoms with Crippen molar-refractivity contribution in [2.75, 3.05) is 26.4 Å². The Morgan fingerprint density at radius 2 is 1.66 bits per heavy atom. The normalized spacial score (nSPS) is 18.4. The summed E-state index contributed by atoms with van der Waals surface area (Å²) in [6.45, 7) is 6.45. The van der Waals surface area contributed by atoms with Crippen LogP contribution in [0.25, 0.3) is 5.76 Å². The lowest BCUT2D eigenvalue weighted by Gasteiger charge is -2.26. The zero-order valence-electron chi connectivity index (χ0n) is 18.5. The molecular formula is C25H28FNO5. The van der Waals surface area contributed by atoms with Crippen LogP contribution in [0, 0.1) is 5.82 Å². The van der Waals surface area contributed by atoms with Crippen LogP contribution in [0.15, 0.2) is 54.1 Å². The van der Waals surface area contributed by atoms with E-state index in [1.807, 2.05) is 24.3 Å². The molecule has 3 rings (SSSR count). The molecule has 2 aromatic rings. The summed E-state index contributed by atoms with van der Waals surface area (Å²) in [4.78, 5) is 27.1. The number of likely N-dealkylation sites (tertiary alicyclic amines) is 1. The Labute approximate surface area is 186 Å². The first kappa shape index (κ1) is 23.6. The number of hydrogen-bond acceptors (Lipinski definition) is 5. The van der Waals surface area contributed by atoms with Crippen molar-refractivity contribution in [2.24, 2.45) is 0 Å². The van der Waals surface area contributed by atoms with Gasteiger partial charge in [-0.1, -0.05) is 45.0 Å². The van der Waals surface area contributed by atoms with Crippen LogP contribution < -0.4 is 0 Å². The molecule has 0 radical (unpaired) electrons. The largest absolute Gasteiger partial charge is 0.507 e. The first-order valence-electron chi connectivity index (χ1n) is 10.5. The highest BCUT2D eigenvalue weighted by molar-refractivity contribution is 6.46. The number of aliphatic hydroxyl groups is 2. The Bertz CT molecular complexity index is 1010. The lowest BCUT2D eigenvalue weighted by atomic mass is 9.85. The molecule has 32 heavy (non-hydrogen) atoms. The summed E-state index contributed by atoms with van der Waals surface area (Å²) in [5.41, 5.74) is 1.88. The number of nitrogens with zero attached hydrogens (tertiary/aromatic N) is 1. The van der Waals surface area contributed by atoms with Crippen molar-refractivity contribution in [3.8, 4) is 0 Å². The van der Waals surface area contributed by atoms with E-state index < -0.39 is 23.5 Å². The second-order valence-corrected chi connectivity index (χ2v) is 8.71. The standard InChI is InChI=1S/C25H28FNO5/c1-25(2,3)18-8-4-16(5-9-18)21-20(22(29)17-6-10-19(26)11-7-17)23(30)24(31)27(21)12-14-32-15-13-28/h4-11,21,28-29H,12-15H2,1-3H3. The smallest absolute Gasteiger partial charge is 0.295 e. The molecule has 170 valence electrons. The van der Waals surface area contributed by atoms with E-state index in [1.54, 1.807) is 0 Å². The van der Waals surface area contributed by atoms with Crippen molar-refractivity contribution in [3.05, 3.63) is 76.6 Å². The topological polar surface area (TPSA) is 87.1 Å². The molecule has 1 saturated heterocycles. The van der Waals surface area contributed by atoms with Gasteiger partial charge in [0.25, 0.3) is 11.7 Å². The summed E-state index contributed by atoms with van der Waals surface area (Å²) in [7, 11) is 0. The van der Waals surface area contributed by atoms with E-state index in [0.29, 0.717) is 5.56 Å². The molecule has 1 aliphatic heterocycles. The fraction of sp³-hybridized carbons (Fsp3) is 0.360. The highest BCUT2D eigenvalue weighted by Crippen LogP contribution is 2.39. The van der Waals surface area contributed by atoms with Crippen LogP contribution in [-0.4, -0.2) is 53.2 Å². The van der Waals surface area contributed by atoms with Crippen LogP contribution in [-0.2, 0) is 19.7 Å². The number of aliphatic hydroxyl groups excluding tert-OH is 2. The molecule has 1 aliphatic rings. The predicted molar refractivity (Wildman–Crippen MR) is 118 cm³/mol. The molecule has 1 atom stereocenters. The second-order valence-electron chi connectivity index (χ2n) is 8.71. The van der Waals surface area contributed by atoms with Gasteiger partial charge in [-0.05, 0) is 40.8 Å². The maximum atomic E-state index is 13.3. The van der Waals surface area contributed by atoms with E-state index in [4.69, 9.17) is 9.84 Å². The van der Waals surface area contributed by atoms with Crippen molar-refractivity contribution < 1.29 is 28.9 Å². The number of ketones is 1. The first-order chi connectivity index (χ1) is 15.1. The van der Waals surface area contributed by atoms with Gasteiger partial charge in [0.1, 0.15) is 11.6 Å². The Morgan fingerprint density at radius 3 is 2.22 bits per heavy atom. The SMILES string of the molecule is CC(C)(C)c1ccc(C2C(=C(O)c3ccc(F)cc3)C(=O)C(=O)N2CCOCCO)cc1. The van der Waals surface area contributed by atoms with Gasteiger partial charge < -0.3 is 19.8 Å². The molecule has 0 saturated carbocycles. The number of hydrogen-bond donors (Lipinski definition) is 2. The van der Waals surface area contributed by atoms with Crippen LogP contribution in [0.4, 0.5) is 4.39 Å². The Morgan fingerprint density at radius 1 is 1.03 bits per heavy atom. The van der Waals surface area contributed by atoms with E-state index in [1.165, 1.54) is 29.2 Å². The molecule has 1 heterocycles. The number of halogens is 1. The molecule has 0 spiro atoms. The Kier molecular flexibility index (Phi) is 7.11. The average Bonchev–Trinajstić information content (AvgIpc) is 3.01. The van der Waals surface area contributed by atoms with Gasteiger partial charge in [-0.15, -0.1) is 0 Å². The van der Waals surface area contributed by atoms with E-state index in [9.17, 15) is 19.1 Å². The van der Waals surface area contributed by atoms with Crippen LogP contribution in [0.1, 0.15) is 43.5 Å². The van der Waals surface area contributed by atoms with E-state index >= 15 is 0 Å².